The first-order valence-electron chi connectivity index (χ1n) is 11.2. The highest BCUT2D eigenvalue weighted by atomic mass is 16.3. The monoisotopic (exact) mass is 420 g/mol. The Morgan fingerprint density at radius 2 is 1.94 bits per heavy atom. The van der Waals surface area contributed by atoms with Crippen LogP contribution in [0.5, 0.6) is 0 Å². The van der Waals surface area contributed by atoms with Gasteiger partial charge in [0.15, 0.2) is 0 Å². The highest BCUT2D eigenvalue weighted by Gasteiger charge is 2.27. The van der Waals surface area contributed by atoms with Crippen molar-refractivity contribution in [3.8, 4) is 0 Å². The summed E-state index contributed by atoms with van der Waals surface area (Å²) in [6, 6.07) is 9.42. The lowest BCUT2D eigenvalue weighted by Crippen LogP contribution is -2.21. The van der Waals surface area contributed by atoms with E-state index in [0.29, 0.717) is 23.0 Å². The lowest BCUT2D eigenvalue weighted by Gasteiger charge is -2.30. The zero-order valence-corrected chi connectivity index (χ0v) is 18.8. The van der Waals surface area contributed by atoms with Gasteiger partial charge < -0.3 is 10.4 Å². The molecule has 6 heteroatoms. The fourth-order valence-electron chi connectivity index (χ4n) is 4.60. The van der Waals surface area contributed by atoms with Crippen molar-refractivity contribution in [1.82, 2.24) is 14.8 Å². The summed E-state index contributed by atoms with van der Waals surface area (Å²) < 4.78 is 2.08. The minimum absolute atomic E-state index is 0.301. The molecular weight excluding hydrogens is 388 g/mol. The Hall–Kier alpha value is -2.73. The molecule has 1 amide bonds. The van der Waals surface area contributed by atoms with Crippen molar-refractivity contribution >= 4 is 22.5 Å². The first-order chi connectivity index (χ1) is 14.7. The van der Waals surface area contributed by atoms with Gasteiger partial charge in [0.1, 0.15) is 5.69 Å². The number of amides is 1. The first-order valence-corrected chi connectivity index (χ1v) is 11.2. The quantitative estimate of drug-likeness (QED) is 0.587. The molecule has 1 fully saturated rings. The van der Waals surface area contributed by atoms with Crippen molar-refractivity contribution in [2.45, 2.75) is 65.0 Å². The Morgan fingerprint density at radius 1 is 1.19 bits per heavy atom. The van der Waals surface area contributed by atoms with E-state index in [0.717, 1.165) is 35.6 Å². The van der Waals surface area contributed by atoms with E-state index < -0.39 is 5.60 Å². The largest absolute Gasteiger partial charge is 0.386 e. The van der Waals surface area contributed by atoms with Gasteiger partial charge in [0.05, 0.1) is 17.2 Å². The van der Waals surface area contributed by atoms with Crippen LogP contribution in [0.25, 0.3) is 10.9 Å². The Balaban J connectivity index is 1.64. The number of aromatic nitrogens is 3. The van der Waals surface area contributed by atoms with E-state index in [9.17, 15) is 9.90 Å². The number of nitrogens with zero attached hydrogens (tertiary/aromatic N) is 3. The second-order valence-electron chi connectivity index (χ2n) is 9.61. The summed E-state index contributed by atoms with van der Waals surface area (Å²) in [5, 5.41) is 19.5. The summed E-state index contributed by atoms with van der Waals surface area (Å²) in [6.07, 6.45) is 8.40. The normalized spacial score (nSPS) is 19.7. The van der Waals surface area contributed by atoms with Gasteiger partial charge >= 0.3 is 0 Å². The molecule has 3 aromatic rings. The number of anilines is 1. The molecule has 0 bridgehead atoms. The van der Waals surface area contributed by atoms with Gasteiger partial charge in [-0.3, -0.25) is 14.5 Å². The number of nitrogens with one attached hydrogen (secondary N) is 1. The van der Waals surface area contributed by atoms with Crippen LogP contribution >= 0.6 is 0 Å². The second-order valence-corrected chi connectivity index (χ2v) is 9.61. The predicted octanol–water partition coefficient (Wildman–Crippen LogP) is 5.30. The van der Waals surface area contributed by atoms with Crippen molar-refractivity contribution < 1.29 is 9.90 Å². The topological polar surface area (TPSA) is 80.0 Å². The molecule has 1 aliphatic rings. The minimum Gasteiger partial charge on any atom is -0.386 e. The fourth-order valence-corrected chi connectivity index (χ4v) is 4.60. The SMILES string of the molecule is CC(C)[C@H]1CC[C@H](n2cc3cc(NC(=O)c4ccccn4)c(C(C)(C)O)cc3n2)CC1. The molecule has 1 saturated carbocycles. The number of hydrogen-bond acceptors (Lipinski definition) is 4. The summed E-state index contributed by atoms with van der Waals surface area (Å²) in [6.45, 7) is 8.06. The van der Waals surface area contributed by atoms with Crippen LogP contribution < -0.4 is 5.32 Å². The van der Waals surface area contributed by atoms with E-state index >= 15 is 0 Å². The van der Waals surface area contributed by atoms with Gasteiger partial charge in [-0.05, 0) is 75.6 Å². The lowest BCUT2D eigenvalue weighted by molar-refractivity contribution is 0.0793. The van der Waals surface area contributed by atoms with Gasteiger partial charge in [0.25, 0.3) is 5.91 Å². The maximum atomic E-state index is 12.7. The van der Waals surface area contributed by atoms with Gasteiger partial charge in [-0.1, -0.05) is 19.9 Å². The van der Waals surface area contributed by atoms with Crippen LogP contribution in [0.2, 0.25) is 0 Å². The maximum Gasteiger partial charge on any atom is 0.274 e. The molecule has 6 nitrogen and oxygen atoms in total. The molecular formula is C25H32N4O2. The van der Waals surface area contributed by atoms with E-state index in [-0.39, 0.29) is 5.91 Å². The summed E-state index contributed by atoms with van der Waals surface area (Å²) >= 11 is 0. The highest BCUT2D eigenvalue weighted by molar-refractivity contribution is 6.04. The van der Waals surface area contributed by atoms with Crippen LogP contribution in [-0.2, 0) is 5.60 Å². The van der Waals surface area contributed by atoms with Gasteiger partial charge in [-0.2, -0.15) is 5.10 Å². The van der Waals surface area contributed by atoms with Gasteiger partial charge in [-0.25, -0.2) is 0 Å². The molecule has 1 aliphatic carbocycles. The van der Waals surface area contributed by atoms with Gasteiger partial charge in [0.2, 0.25) is 0 Å². The van der Waals surface area contributed by atoms with Crippen LogP contribution in [0.3, 0.4) is 0 Å². The van der Waals surface area contributed by atoms with Gasteiger partial charge in [-0.15, -0.1) is 0 Å². The van der Waals surface area contributed by atoms with Gasteiger partial charge in [0, 0.05) is 29.0 Å². The van der Waals surface area contributed by atoms with Crippen LogP contribution in [-0.4, -0.2) is 25.8 Å². The van der Waals surface area contributed by atoms with Crippen LogP contribution in [0.15, 0.2) is 42.7 Å². The summed E-state index contributed by atoms with van der Waals surface area (Å²) in [5.41, 5.74) is 1.26. The van der Waals surface area contributed by atoms with Crippen LogP contribution in [0.1, 0.15) is 75.5 Å². The Labute approximate surface area is 183 Å². The Bertz CT molecular complexity index is 1060. The van der Waals surface area contributed by atoms with Crippen LogP contribution in [0.4, 0.5) is 5.69 Å². The van der Waals surface area contributed by atoms with E-state index in [1.54, 1.807) is 38.2 Å². The van der Waals surface area contributed by atoms with E-state index in [2.05, 4.69) is 35.0 Å². The average molecular weight is 421 g/mol. The standard InChI is InChI=1S/C25H32N4O2/c1-16(2)17-8-10-19(11-9-17)29-15-18-13-23(20(25(3,4)31)14-22(18)28-29)27-24(30)21-7-5-6-12-26-21/h5-7,12-17,19,31H,8-11H2,1-4H3,(H,27,30)/t17-,19-. The smallest absolute Gasteiger partial charge is 0.274 e. The molecule has 0 radical (unpaired) electrons. The third kappa shape index (κ3) is 4.64. The summed E-state index contributed by atoms with van der Waals surface area (Å²) in [5.74, 6) is 1.23. The predicted molar refractivity (Wildman–Crippen MR) is 123 cm³/mol. The summed E-state index contributed by atoms with van der Waals surface area (Å²) in [7, 11) is 0. The van der Waals surface area contributed by atoms with E-state index in [1.165, 1.54) is 12.8 Å². The molecule has 0 aliphatic heterocycles. The molecule has 0 unspecified atom stereocenters. The number of rotatable bonds is 5. The number of carbonyl (C=O) groups excluding carboxylic acids is 1. The number of fused-ring (bicyclic) bond motifs is 1. The highest BCUT2D eigenvalue weighted by Crippen LogP contribution is 2.37. The lowest BCUT2D eigenvalue weighted by atomic mass is 9.80. The number of pyridine rings is 1. The zero-order chi connectivity index (χ0) is 22.2. The molecule has 2 N–H and O–H groups in total. The first kappa shape index (κ1) is 21.5. The maximum absolute atomic E-state index is 12.7. The third-order valence-corrected chi connectivity index (χ3v) is 6.52. The minimum atomic E-state index is -1.12. The zero-order valence-electron chi connectivity index (χ0n) is 18.8. The van der Waals surface area contributed by atoms with E-state index in [1.807, 2.05) is 12.1 Å². The Morgan fingerprint density at radius 3 is 2.55 bits per heavy atom. The molecule has 2 aromatic heterocycles. The van der Waals surface area contributed by atoms with E-state index in [4.69, 9.17) is 5.10 Å². The average Bonchev–Trinajstić information content (AvgIpc) is 3.16. The summed E-state index contributed by atoms with van der Waals surface area (Å²) in [4.78, 5) is 16.8. The van der Waals surface area contributed by atoms with Crippen LogP contribution in [0, 0.1) is 11.8 Å². The molecule has 2 heterocycles. The molecule has 1 aromatic carbocycles. The molecule has 0 saturated heterocycles. The molecule has 0 spiro atoms. The molecule has 31 heavy (non-hydrogen) atoms. The number of aliphatic hydroxyl groups is 1. The molecule has 4 rings (SSSR count). The second kappa shape index (κ2) is 8.42. The third-order valence-electron chi connectivity index (χ3n) is 6.52. The molecule has 164 valence electrons. The van der Waals surface area contributed by atoms with Crippen molar-refractivity contribution in [1.29, 1.82) is 0 Å². The number of benzene rings is 1. The fraction of sp³-hybridized carbons (Fsp3) is 0.480. The van der Waals surface area contributed by atoms with Crippen molar-refractivity contribution in [3.63, 3.8) is 0 Å². The van der Waals surface area contributed by atoms with Crippen molar-refractivity contribution in [2.24, 2.45) is 11.8 Å². The molecule has 0 atom stereocenters. The Kier molecular flexibility index (Phi) is 5.84. The number of carbonyl (C=O) groups is 1. The van der Waals surface area contributed by atoms with Crippen molar-refractivity contribution in [2.75, 3.05) is 5.32 Å². The van der Waals surface area contributed by atoms with Crippen molar-refractivity contribution in [3.05, 3.63) is 54.0 Å². The number of hydrogen-bond donors (Lipinski definition) is 2.